The number of nitrogens with zero attached hydrogens (tertiary/aromatic N) is 6. The van der Waals surface area contributed by atoms with Gasteiger partial charge in [-0.2, -0.15) is 0 Å². The Bertz CT molecular complexity index is 746. The van der Waals surface area contributed by atoms with E-state index in [4.69, 9.17) is 12.0 Å². The highest BCUT2D eigenvalue weighted by Crippen LogP contribution is 2.04. The lowest BCUT2D eigenvalue weighted by Crippen LogP contribution is -2.42. The Morgan fingerprint density at radius 2 is 1.46 bits per heavy atom. The number of Topliss-reactive ketones (excluding diaryl/α,β-unsaturated/α-hetero) is 2. The molecule has 35 heavy (non-hydrogen) atoms. The normalized spacial score (nSPS) is 11.6. The number of aromatic nitrogens is 3. The van der Waals surface area contributed by atoms with E-state index in [1.165, 1.54) is 7.05 Å². The third-order valence-electron chi connectivity index (χ3n) is 4.26. The molecule has 1 aromatic rings. The van der Waals surface area contributed by atoms with Crippen LogP contribution in [0.4, 0.5) is 0 Å². The molecule has 0 fully saturated rings. The molecule has 2 atom stereocenters. The van der Waals surface area contributed by atoms with Gasteiger partial charge in [-0.05, 0) is 12.0 Å². The smallest absolute Gasteiger partial charge is 0.153 e. The zero-order chi connectivity index (χ0) is 28.0. The first-order chi connectivity index (χ1) is 16.3. The number of hydrogen-bond acceptors (Lipinski definition) is 7. The van der Waals surface area contributed by atoms with Crippen molar-refractivity contribution in [2.45, 2.75) is 99.3 Å². The van der Waals surface area contributed by atoms with Crippen molar-refractivity contribution in [3.05, 3.63) is 22.8 Å². The molecule has 1 rings (SSSR count). The maximum absolute atomic E-state index is 11.6. The van der Waals surface area contributed by atoms with E-state index >= 15 is 0 Å². The zero-order valence-electron chi connectivity index (χ0n) is 23.6. The molecule has 0 aromatic carbocycles. The fraction of sp³-hybridized carbons (Fsp3) is 0.760. The standard InChI is InChI=1S/C11H19NO.C10H21NO.C3H5N3.CH3N3/c1-6-7-10(12-9(4)5)11(13)8(2)3;1-6-9(11-8(4)5)10(12)7(2)3;1-6-3-2-4-5-6;1-3-4-2/h1,8-10,12H,7H2,2-5H3;7-9,11H,6H2,1-5H3;2-3H,1H3;1H3. The predicted molar refractivity (Wildman–Crippen MR) is 144 cm³/mol. The van der Waals surface area contributed by atoms with Gasteiger partial charge in [0, 0.05) is 55.5 Å². The van der Waals surface area contributed by atoms with Gasteiger partial charge in [-0.25, -0.2) is 0 Å². The summed E-state index contributed by atoms with van der Waals surface area (Å²) in [7, 11) is 3.22. The highest BCUT2D eigenvalue weighted by atomic mass is 16.1. The fourth-order valence-corrected chi connectivity index (χ4v) is 2.64. The average Bonchev–Trinajstić information content (AvgIpc) is 3.27. The van der Waals surface area contributed by atoms with E-state index in [2.05, 4.69) is 50.7 Å². The number of rotatable bonds is 10. The van der Waals surface area contributed by atoms with Gasteiger partial charge in [-0.1, -0.05) is 72.6 Å². The van der Waals surface area contributed by atoms with Crippen LogP contribution in [-0.4, -0.2) is 57.8 Å². The van der Waals surface area contributed by atoms with Gasteiger partial charge in [-0.15, -0.1) is 17.4 Å². The summed E-state index contributed by atoms with van der Waals surface area (Å²) >= 11 is 0. The molecule has 0 aliphatic carbocycles. The first kappa shape index (κ1) is 36.8. The molecule has 0 amide bonds. The number of hydrogen-bond donors (Lipinski definition) is 2. The molecule has 10 nitrogen and oxygen atoms in total. The van der Waals surface area contributed by atoms with Crippen molar-refractivity contribution in [1.29, 1.82) is 0 Å². The number of nitrogens with one attached hydrogen (secondary N) is 2. The van der Waals surface area contributed by atoms with Gasteiger partial charge in [0.05, 0.1) is 18.3 Å². The molecule has 1 heterocycles. The van der Waals surface area contributed by atoms with E-state index in [0.29, 0.717) is 24.3 Å². The number of carbonyl (C=O) groups is 2. The molecular weight excluding hydrogens is 444 g/mol. The second kappa shape index (κ2) is 23.0. The topological polar surface area (TPSA) is 138 Å². The Balaban J connectivity index is -0.000000425. The summed E-state index contributed by atoms with van der Waals surface area (Å²) in [6.45, 7) is 17.9. The van der Waals surface area contributed by atoms with Gasteiger partial charge in [0.2, 0.25) is 0 Å². The van der Waals surface area contributed by atoms with E-state index in [0.717, 1.165) is 6.42 Å². The summed E-state index contributed by atoms with van der Waals surface area (Å²) in [5.74, 6) is 3.24. The van der Waals surface area contributed by atoms with E-state index in [9.17, 15) is 9.59 Å². The van der Waals surface area contributed by atoms with E-state index in [-0.39, 0.29) is 29.7 Å². The first-order valence-electron chi connectivity index (χ1n) is 12.0. The lowest BCUT2D eigenvalue weighted by molar-refractivity contribution is -0.124. The number of terminal acetylenes is 1. The van der Waals surface area contributed by atoms with Gasteiger partial charge in [-0.3, -0.25) is 14.3 Å². The summed E-state index contributed by atoms with van der Waals surface area (Å²) in [4.78, 5) is 25.5. The van der Waals surface area contributed by atoms with Crippen LogP contribution in [0, 0.1) is 24.2 Å². The summed E-state index contributed by atoms with van der Waals surface area (Å²) in [5, 5.41) is 16.5. The minimum atomic E-state index is -0.176. The lowest BCUT2D eigenvalue weighted by atomic mass is 9.99. The average molecular weight is 493 g/mol. The van der Waals surface area contributed by atoms with Crippen molar-refractivity contribution < 1.29 is 9.59 Å². The Morgan fingerprint density at radius 3 is 1.69 bits per heavy atom. The Hall–Kier alpha value is -2.73. The molecule has 0 bridgehead atoms. The van der Waals surface area contributed by atoms with Gasteiger partial charge in [0.25, 0.3) is 0 Å². The van der Waals surface area contributed by atoms with Crippen LogP contribution in [0.2, 0.25) is 0 Å². The van der Waals surface area contributed by atoms with Crippen molar-refractivity contribution in [2.24, 2.45) is 24.0 Å². The Kier molecular flexibility index (Phi) is 24.2. The van der Waals surface area contributed by atoms with Crippen LogP contribution in [0.5, 0.6) is 0 Å². The van der Waals surface area contributed by atoms with Crippen LogP contribution in [0.25, 0.3) is 10.4 Å². The largest absolute Gasteiger partial charge is 0.305 e. The molecule has 0 saturated heterocycles. The minimum Gasteiger partial charge on any atom is -0.305 e. The zero-order valence-corrected chi connectivity index (χ0v) is 23.6. The molecule has 10 heteroatoms. The Labute approximate surface area is 212 Å². The number of azide groups is 1. The first-order valence-corrected chi connectivity index (χ1v) is 12.0. The van der Waals surface area contributed by atoms with Crippen molar-refractivity contribution in [1.82, 2.24) is 25.6 Å². The van der Waals surface area contributed by atoms with Gasteiger partial charge in [0.1, 0.15) is 0 Å². The molecule has 1 aromatic heterocycles. The number of aryl methyl sites for hydroxylation is 1. The van der Waals surface area contributed by atoms with Crippen molar-refractivity contribution in [3.63, 3.8) is 0 Å². The minimum absolute atomic E-state index is 0.0459. The van der Waals surface area contributed by atoms with Crippen molar-refractivity contribution in [3.8, 4) is 12.3 Å². The van der Waals surface area contributed by atoms with Gasteiger partial charge in [0.15, 0.2) is 11.6 Å². The number of ketones is 2. The maximum atomic E-state index is 11.6. The lowest BCUT2D eigenvalue weighted by Gasteiger charge is -2.20. The predicted octanol–water partition coefficient (Wildman–Crippen LogP) is 4.33. The van der Waals surface area contributed by atoms with Crippen LogP contribution >= 0.6 is 0 Å². The molecule has 0 saturated carbocycles. The molecular formula is C25H48N8O2. The SMILES string of the molecule is C#CCC(NC(C)C)C(=O)C(C)C.CCC(NC(C)C)C(=O)C(C)C.CN=[N+]=[N-].Cn1ccnn1. The fourth-order valence-electron chi connectivity index (χ4n) is 2.64. The monoisotopic (exact) mass is 492 g/mol. The highest BCUT2D eigenvalue weighted by Gasteiger charge is 2.20. The second-order valence-corrected chi connectivity index (χ2v) is 9.04. The van der Waals surface area contributed by atoms with Gasteiger partial charge >= 0.3 is 0 Å². The third kappa shape index (κ3) is 22.8. The quantitative estimate of drug-likeness (QED) is 0.216. The van der Waals surface area contributed by atoms with E-state index in [1.54, 1.807) is 17.1 Å². The van der Waals surface area contributed by atoms with Crippen LogP contribution in [-0.2, 0) is 16.6 Å². The Morgan fingerprint density at radius 1 is 1.03 bits per heavy atom. The highest BCUT2D eigenvalue weighted by molar-refractivity contribution is 5.86. The summed E-state index contributed by atoms with van der Waals surface area (Å²) in [5.41, 5.74) is 7.33. The molecule has 0 aliphatic heterocycles. The summed E-state index contributed by atoms with van der Waals surface area (Å²) in [6, 6.07) is 0.550. The van der Waals surface area contributed by atoms with Crippen LogP contribution in [0.15, 0.2) is 17.5 Å². The molecule has 0 radical (unpaired) electrons. The molecule has 2 N–H and O–H groups in total. The van der Waals surface area contributed by atoms with E-state index in [1.807, 2.05) is 55.5 Å². The second-order valence-electron chi connectivity index (χ2n) is 9.04. The third-order valence-corrected chi connectivity index (χ3v) is 4.26. The maximum Gasteiger partial charge on any atom is 0.153 e. The van der Waals surface area contributed by atoms with Crippen molar-refractivity contribution >= 4 is 11.6 Å². The molecule has 0 aliphatic rings. The van der Waals surface area contributed by atoms with E-state index < -0.39 is 0 Å². The summed E-state index contributed by atoms with van der Waals surface area (Å²) in [6.07, 6.45) is 9.98. The van der Waals surface area contributed by atoms with Gasteiger partial charge < -0.3 is 10.6 Å². The summed E-state index contributed by atoms with van der Waals surface area (Å²) < 4.78 is 1.64. The number of carbonyl (C=O) groups excluding carboxylic acids is 2. The molecule has 0 spiro atoms. The molecule has 200 valence electrons. The van der Waals surface area contributed by atoms with Crippen molar-refractivity contribution in [2.75, 3.05) is 7.05 Å². The van der Waals surface area contributed by atoms with Crippen LogP contribution in [0.3, 0.4) is 0 Å². The van der Waals surface area contributed by atoms with Crippen LogP contribution in [0.1, 0.15) is 75.2 Å². The molecule has 2 unspecified atom stereocenters. The van der Waals surface area contributed by atoms with Crippen LogP contribution < -0.4 is 10.6 Å².